The van der Waals surface area contributed by atoms with E-state index in [2.05, 4.69) is 10.3 Å². The Kier molecular flexibility index (Phi) is 3.27. The highest BCUT2D eigenvalue weighted by Crippen LogP contribution is 2.21. The second-order valence-electron chi connectivity index (χ2n) is 4.70. The van der Waals surface area contributed by atoms with Gasteiger partial charge in [0.2, 0.25) is 0 Å². The highest BCUT2D eigenvalue weighted by atomic mass is 16.6. The molecule has 0 saturated heterocycles. The molecule has 0 amide bonds. The van der Waals surface area contributed by atoms with E-state index in [-0.39, 0.29) is 5.69 Å². The predicted octanol–water partition coefficient (Wildman–Crippen LogP) is 3.66. The number of aromatic nitrogens is 1. The van der Waals surface area contributed by atoms with E-state index in [9.17, 15) is 10.1 Å². The van der Waals surface area contributed by atoms with E-state index in [1.807, 2.05) is 25.1 Å². The molecule has 0 aliphatic carbocycles. The zero-order chi connectivity index (χ0) is 14.8. The third kappa shape index (κ3) is 2.84. The Morgan fingerprint density at radius 2 is 2.10 bits per heavy atom. The Morgan fingerprint density at radius 3 is 2.81 bits per heavy atom. The van der Waals surface area contributed by atoms with Crippen LogP contribution in [0.1, 0.15) is 11.5 Å². The third-order valence-corrected chi connectivity index (χ3v) is 3.12. The number of pyridine rings is 1. The maximum absolute atomic E-state index is 10.7. The molecule has 0 bridgehead atoms. The molecule has 21 heavy (non-hydrogen) atoms. The van der Waals surface area contributed by atoms with Crippen molar-refractivity contribution in [3.05, 3.63) is 64.1 Å². The maximum Gasteiger partial charge on any atom is 0.270 e. The molecule has 2 aromatic heterocycles. The minimum Gasteiger partial charge on any atom is -0.465 e. The Balaban J connectivity index is 1.80. The number of nitrogens with one attached hydrogen (secondary N) is 1. The molecule has 0 aliphatic heterocycles. The smallest absolute Gasteiger partial charge is 0.270 e. The van der Waals surface area contributed by atoms with Crippen LogP contribution in [0.4, 0.5) is 11.5 Å². The molecule has 1 N–H and O–H groups in total. The fourth-order valence-corrected chi connectivity index (χ4v) is 2.08. The molecular formula is C15H13N3O3. The van der Waals surface area contributed by atoms with Crippen LogP contribution in [0.25, 0.3) is 10.9 Å². The van der Waals surface area contributed by atoms with E-state index < -0.39 is 4.92 Å². The van der Waals surface area contributed by atoms with E-state index in [1.165, 1.54) is 12.1 Å². The molecule has 0 radical (unpaired) electrons. The van der Waals surface area contributed by atoms with Gasteiger partial charge in [-0.25, -0.2) is 4.98 Å². The van der Waals surface area contributed by atoms with Gasteiger partial charge in [-0.3, -0.25) is 10.1 Å². The summed E-state index contributed by atoms with van der Waals surface area (Å²) >= 11 is 0. The van der Waals surface area contributed by atoms with Crippen LogP contribution in [-0.4, -0.2) is 9.91 Å². The molecule has 0 spiro atoms. The van der Waals surface area contributed by atoms with Crippen LogP contribution in [0.5, 0.6) is 0 Å². The summed E-state index contributed by atoms with van der Waals surface area (Å²) in [5.41, 5.74) is 0.775. The lowest BCUT2D eigenvalue weighted by Gasteiger charge is -2.05. The topological polar surface area (TPSA) is 81.2 Å². The molecule has 0 unspecified atom stereocenters. The minimum absolute atomic E-state index is 0.0658. The molecule has 3 aromatic rings. The van der Waals surface area contributed by atoms with E-state index in [4.69, 9.17) is 4.42 Å². The van der Waals surface area contributed by atoms with Crippen molar-refractivity contribution < 1.29 is 9.34 Å². The minimum atomic E-state index is -0.412. The van der Waals surface area contributed by atoms with Crippen LogP contribution in [0, 0.1) is 17.0 Å². The zero-order valence-corrected chi connectivity index (χ0v) is 11.4. The van der Waals surface area contributed by atoms with Gasteiger partial charge >= 0.3 is 0 Å². The summed E-state index contributed by atoms with van der Waals surface area (Å²) in [4.78, 5) is 14.7. The summed E-state index contributed by atoms with van der Waals surface area (Å²) in [7, 11) is 0. The highest BCUT2D eigenvalue weighted by molar-refractivity contribution is 5.82. The number of nitro benzene ring substituents is 1. The van der Waals surface area contributed by atoms with Gasteiger partial charge in [0.15, 0.2) is 0 Å². The molecule has 2 heterocycles. The van der Waals surface area contributed by atoms with Crippen LogP contribution in [0.15, 0.2) is 46.9 Å². The first-order valence-electron chi connectivity index (χ1n) is 6.46. The number of benzene rings is 1. The largest absolute Gasteiger partial charge is 0.465 e. The van der Waals surface area contributed by atoms with Crippen molar-refractivity contribution in [1.29, 1.82) is 0 Å². The fourth-order valence-electron chi connectivity index (χ4n) is 2.08. The molecule has 0 atom stereocenters. The highest BCUT2D eigenvalue weighted by Gasteiger charge is 2.07. The van der Waals surface area contributed by atoms with Crippen LogP contribution in [-0.2, 0) is 6.54 Å². The van der Waals surface area contributed by atoms with Crippen molar-refractivity contribution in [1.82, 2.24) is 4.98 Å². The van der Waals surface area contributed by atoms with Gasteiger partial charge in [-0.2, -0.15) is 0 Å². The van der Waals surface area contributed by atoms with E-state index in [1.54, 1.807) is 12.1 Å². The molecule has 0 aliphatic rings. The number of non-ortho nitro benzene ring substituents is 1. The van der Waals surface area contributed by atoms with Crippen molar-refractivity contribution in [3.8, 4) is 0 Å². The molecule has 6 nitrogen and oxygen atoms in total. The first-order chi connectivity index (χ1) is 10.1. The monoisotopic (exact) mass is 283 g/mol. The summed E-state index contributed by atoms with van der Waals surface area (Å²) in [6.07, 6.45) is 0. The van der Waals surface area contributed by atoms with Gasteiger partial charge < -0.3 is 9.73 Å². The summed E-state index contributed by atoms with van der Waals surface area (Å²) in [6, 6.07) is 12.0. The Morgan fingerprint density at radius 1 is 1.24 bits per heavy atom. The normalized spacial score (nSPS) is 10.7. The lowest BCUT2D eigenvalue weighted by atomic mass is 10.2. The molecule has 3 rings (SSSR count). The van der Waals surface area contributed by atoms with Gasteiger partial charge in [0.05, 0.1) is 17.0 Å². The van der Waals surface area contributed by atoms with Crippen molar-refractivity contribution in [2.45, 2.75) is 13.5 Å². The van der Waals surface area contributed by atoms with Crippen molar-refractivity contribution in [2.24, 2.45) is 0 Å². The number of hydrogen-bond acceptors (Lipinski definition) is 5. The molecule has 0 fully saturated rings. The second-order valence-corrected chi connectivity index (χ2v) is 4.70. The zero-order valence-electron chi connectivity index (χ0n) is 11.4. The van der Waals surface area contributed by atoms with Gasteiger partial charge in [0.25, 0.3) is 5.69 Å². The summed E-state index contributed by atoms with van der Waals surface area (Å²) in [5.74, 6) is 2.40. The van der Waals surface area contributed by atoms with Crippen LogP contribution < -0.4 is 5.32 Å². The average molecular weight is 283 g/mol. The standard InChI is InChI=1S/C15H13N3O3/c1-10-2-5-13(21-10)9-16-15-7-3-11-8-12(18(19)20)4-6-14(11)17-15/h2-8H,9H2,1H3,(H,16,17). The van der Waals surface area contributed by atoms with Crippen molar-refractivity contribution in [2.75, 3.05) is 5.32 Å². The van der Waals surface area contributed by atoms with Gasteiger partial charge in [-0.1, -0.05) is 0 Å². The average Bonchev–Trinajstić information content (AvgIpc) is 2.90. The Bertz CT molecular complexity index is 811. The third-order valence-electron chi connectivity index (χ3n) is 3.12. The lowest BCUT2D eigenvalue weighted by Crippen LogP contribution is -2.00. The molecule has 1 aromatic carbocycles. The SMILES string of the molecule is Cc1ccc(CNc2ccc3cc([N+](=O)[O-])ccc3n2)o1. The van der Waals surface area contributed by atoms with Gasteiger partial charge in [0, 0.05) is 17.5 Å². The number of anilines is 1. The van der Waals surface area contributed by atoms with Crippen molar-refractivity contribution in [3.63, 3.8) is 0 Å². The number of nitro groups is 1. The first kappa shape index (κ1) is 13.1. The van der Waals surface area contributed by atoms with Gasteiger partial charge in [-0.05, 0) is 37.3 Å². The predicted molar refractivity (Wildman–Crippen MR) is 79.2 cm³/mol. The van der Waals surface area contributed by atoms with E-state index >= 15 is 0 Å². The molecule has 6 heteroatoms. The number of nitrogens with zero attached hydrogens (tertiary/aromatic N) is 2. The number of hydrogen-bond donors (Lipinski definition) is 1. The van der Waals surface area contributed by atoms with Crippen LogP contribution in [0.2, 0.25) is 0 Å². The molecule has 106 valence electrons. The maximum atomic E-state index is 10.7. The summed E-state index contributed by atoms with van der Waals surface area (Å²) < 4.78 is 5.47. The molecular weight excluding hydrogens is 270 g/mol. The van der Waals surface area contributed by atoms with Crippen LogP contribution in [0.3, 0.4) is 0 Å². The number of fused-ring (bicyclic) bond motifs is 1. The summed E-state index contributed by atoms with van der Waals surface area (Å²) in [5, 5.41) is 14.6. The Hall–Kier alpha value is -2.89. The quantitative estimate of drug-likeness (QED) is 0.583. The lowest BCUT2D eigenvalue weighted by molar-refractivity contribution is -0.384. The second kappa shape index (κ2) is 5.24. The number of furan rings is 1. The fraction of sp³-hybridized carbons (Fsp3) is 0.133. The Labute approximate surface area is 120 Å². The number of rotatable bonds is 4. The van der Waals surface area contributed by atoms with Crippen molar-refractivity contribution >= 4 is 22.4 Å². The van der Waals surface area contributed by atoms with Gasteiger partial charge in [0.1, 0.15) is 17.3 Å². The van der Waals surface area contributed by atoms with Gasteiger partial charge in [-0.15, -0.1) is 0 Å². The van der Waals surface area contributed by atoms with E-state index in [0.29, 0.717) is 17.9 Å². The first-order valence-corrected chi connectivity index (χ1v) is 6.46. The summed E-state index contributed by atoms with van der Waals surface area (Å²) in [6.45, 7) is 2.43. The number of aryl methyl sites for hydroxylation is 1. The molecule has 0 saturated carbocycles. The van der Waals surface area contributed by atoms with Crippen LogP contribution >= 0.6 is 0 Å². The van der Waals surface area contributed by atoms with E-state index in [0.717, 1.165) is 16.9 Å².